The Morgan fingerprint density at radius 1 is 0.441 bits per heavy atom. The van der Waals surface area contributed by atoms with Crippen LogP contribution in [0.5, 0.6) is 11.5 Å². The summed E-state index contributed by atoms with van der Waals surface area (Å²) in [6.45, 7) is 27.3. The van der Waals surface area contributed by atoms with Gasteiger partial charge >= 0.3 is 0 Å². The number of fused-ring (bicyclic) bond motifs is 2. The molecule has 0 amide bonds. The lowest BCUT2D eigenvalue weighted by Crippen LogP contribution is -2.33. The van der Waals surface area contributed by atoms with Crippen molar-refractivity contribution in [2.45, 2.75) is 115 Å². The summed E-state index contributed by atoms with van der Waals surface area (Å²) in [6, 6.07) is 0. The van der Waals surface area contributed by atoms with Gasteiger partial charge in [0.1, 0.15) is 10.8 Å². The molecular weight excluding hydrogens is 526 g/mol. The maximum absolute atomic E-state index is 6.74. The van der Waals surface area contributed by atoms with Crippen LogP contribution < -0.4 is 4.74 Å². The Kier molecular flexibility index (Phi) is 7.21. The molecule has 0 aromatic heterocycles. The highest BCUT2D eigenvalue weighted by Crippen LogP contribution is 2.63. The molecule has 34 heavy (non-hydrogen) atoms. The van der Waals surface area contributed by atoms with Crippen molar-refractivity contribution >= 4 is 58.2 Å². The van der Waals surface area contributed by atoms with Gasteiger partial charge in [0.15, 0.2) is 5.75 Å². The summed E-state index contributed by atoms with van der Waals surface area (Å²) in [5.41, 5.74) is 4.64. The Balaban J connectivity index is 2.66. The van der Waals surface area contributed by atoms with Gasteiger partial charge in [-0.1, -0.05) is 141 Å². The van der Waals surface area contributed by atoms with Crippen molar-refractivity contribution in [1.82, 2.24) is 0 Å². The Morgan fingerprint density at radius 2 is 0.824 bits per heavy atom. The van der Waals surface area contributed by atoms with E-state index in [1.54, 1.807) is 11.8 Å². The number of rotatable bonds is 0. The summed E-state index contributed by atoms with van der Waals surface area (Å²) in [5, 5.41) is 1.13. The van der Waals surface area contributed by atoms with Crippen molar-refractivity contribution in [3.8, 4) is 11.5 Å². The number of hydrogen-bond donors (Lipinski definition) is 0. The third-order valence-electron chi connectivity index (χ3n) is 6.00. The fraction of sp³-hybridized carbons (Fsp3) is 0.571. The monoisotopic (exact) mass is 560 g/mol. The van der Waals surface area contributed by atoms with Crippen LogP contribution in [-0.4, -0.2) is 0 Å². The summed E-state index contributed by atoms with van der Waals surface area (Å²) in [5.74, 6) is 1.33. The molecule has 1 aliphatic heterocycles. The third kappa shape index (κ3) is 4.72. The van der Waals surface area contributed by atoms with Crippen LogP contribution in [0.15, 0.2) is 9.79 Å². The van der Waals surface area contributed by atoms with Gasteiger partial charge in [0.05, 0.1) is 24.9 Å². The van der Waals surface area contributed by atoms with E-state index in [-0.39, 0.29) is 31.7 Å². The summed E-state index contributed by atoms with van der Waals surface area (Å²) < 4.78 is 6.74. The number of benzene rings is 2. The summed E-state index contributed by atoms with van der Waals surface area (Å²) in [7, 11) is 0. The highest BCUT2D eigenvalue weighted by atomic mass is 35.5. The Bertz CT molecular complexity index is 1080. The zero-order chi connectivity index (χ0) is 26.3. The normalized spacial score (nSPS) is 14.6. The molecular formula is C28H36Cl4OS. The smallest absolute Gasteiger partial charge is 0.163 e. The van der Waals surface area contributed by atoms with Gasteiger partial charge in [-0.25, -0.2) is 0 Å². The first kappa shape index (κ1) is 28.3. The molecule has 0 spiro atoms. The van der Waals surface area contributed by atoms with Crippen LogP contribution in [-0.2, 0) is 21.7 Å². The van der Waals surface area contributed by atoms with Crippen LogP contribution in [0.25, 0.3) is 0 Å². The van der Waals surface area contributed by atoms with E-state index < -0.39 is 0 Å². The molecule has 0 aliphatic carbocycles. The van der Waals surface area contributed by atoms with Crippen LogP contribution in [0.4, 0.5) is 0 Å². The van der Waals surface area contributed by atoms with Crippen LogP contribution in [0.1, 0.15) is 105 Å². The predicted octanol–water partition coefficient (Wildman–Crippen LogP) is 11.7. The topological polar surface area (TPSA) is 9.23 Å². The summed E-state index contributed by atoms with van der Waals surface area (Å²) in [4.78, 5) is 1.79. The standard InChI is InChI=1S/C28H36Cl4OS/c1-25(2,3)13-14(26(4,5)6)16(28(10,11)12)23-21(15(13)27(7,8)9)33-22-19(31)17(29)18(30)20(32)24(22)34-23/h1-12H3. The van der Waals surface area contributed by atoms with Gasteiger partial charge in [0.25, 0.3) is 0 Å². The Labute approximate surface area is 230 Å². The summed E-state index contributed by atoms with van der Waals surface area (Å²) in [6.07, 6.45) is 0. The molecule has 1 nitrogen and oxygen atoms in total. The molecule has 2 aromatic rings. The zero-order valence-corrected chi connectivity index (χ0v) is 26.2. The molecule has 3 rings (SSSR count). The van der Waals surface area contributed by atoms with E-state index >= 15 is 0 Å². The number of hydrogen-bond acceptors (Lipinski definition) is 2. The minimum atomic E-state index is -0.187. The van der Waals surface area contributed by atoms with Crippen molar-refractivity contribution in [2.24, 2.45) is 0 Å². The van der Waals surface area contributed by atoms with Crippen molar-refractivity contribution in [1.29, 1.82) is 0 Å². The zero-order valence-electron chi connectivity index (χ0n) is 22.3. The van der Waals surface area contributed by atoms with E-state index in [0.717, 1.165) is 10.6 Å². The second kappa shape index (κ2) is 8.66. The van der Waals surface area contributed by atoms with E-state index in [1.165, 1.54) is 22.3 Å². The maximum Gasteiger partial charge on any atom is 0.163 e. The Hall–Kier alpha value is -0.250. The fourth-order valence-electron chi connectivity index (χ4n) is 4.81. The highest BCUT2D eigenvalue weighted by Gasteiger charge is 2.43. The first-order chi connectivity index (χ1) is 15.1. The maximum atomic E-state index is 6.74. The van der Waals surface area contributed by atoms with Crippen molar-refractivity contribution < 1.29 is 4.74 Å². The number of ether oxygens (including phenoxy) is 1. The molecule has 0 bridgehead atoms. The highest BCUT2D eigenvalue weighted by molar-refractivity contribution is 7.99. The quantitative estimate of drug-likeness (QED) is 0.199. The van der Waals surface area contributed by atoms with Gasteiger partial charge in [-0.05, 0) is 38.4 Å². The average Bonchev–Trinajstić information content (AvgIpc) is 2.64. The largest absolute Gasteiger partial charge is 0.453 e. The average molecular weight is 562 g/mol. The van der Waals surface area contributed by atoms with Gasteiger partial charge in [-0.15, -0.1) is 0 Å². The molecule has 1 aliphatic rings. The molecule has 0 saturated carbocycles. The van der Waals surface area contributed by atoms with E-state index in [0.29, 0.717) is 20.7 Å². The minimum absolute atomic E-state index is 0.0970. The predicted molar refractivity (Wildman–Crippen MR) is 152 cm³/mol. The molecule has 0 atom stereocenters. The van der Waals surface area contributed by atoms with Gasteiger partial charge in [-0.2, -0.15) is 0 Å². The first-order valence-electron chi connectivity index (χ1n) is 11.6. The van der Waals surface area contributed by atoms with E-state index in [4.69, 9.17) is 51.1 Å². The molecule has 0 N–H and O–H groups in total. The van der Waals surface area contributed by atoms with Gasteiger partial charge < -0.3 is 4.74 Å². The van der Waals surface area contributed by atoms with Crippen LogP contribution >= 0.6 is 58.2 Å². The molecule has 0 unspecified atom stereocenters. The van der Waals surface area contributed by atoms with E-state index in [2.05, 4.69) is 83.1 Å². The lowest BCUT2D eigenvalue weighted by atomic mass is 9.64. The van der Waals surface area contributed by atoms with Gasteiger partial charge in [0, 0.05) is 5.56 Å². The Morgan fingerprint density at radius 3 is 1.24 bits per heavy atom. The molecule has 0 saturated heterocycles. The molecule has 2 aromatic carbocycles. The molecule has 0 radical (unpaired) electrons. The molecule has 0 fully saturated rings. The SMILES string of the molecule is CC(C)(C)c1c2c(c(C(C)(C)C)c(C(C)(C)C)c1C(C)(C)C)Sc1c(Cl)c(Cl)c(Cl)c(Cl)c1O2. The lowest BCUT2D eigenvalue weighted by molar-refractivity contribution is 0.404. The van der Waals surface area contributed by atoms with Crippen molar-refractivity contribution in [3.63, 3.8) is 0 Å². The van der Waals surface area contributed by atoms with Crippen LogP contribution in [0.3, 0.4) is 0 Å². The summed E-state index contributed by atoms with van der Waals surface area (Å²) >= 11 is 27.9. The minimum Gasteiger partial charge on any atom is -0.453 e. The molecule has 6 heteroatoms. The van der Waals surface area contributed by atoms with Crippen LogP contribution in [0.2, 0.25) is 20.1 Å². The van der Waals surface area contributed by atoms with Crippen molar-refractivity contribution in [3.05, 3.63) is 42.3 Å². The van der Waals surface area contributed by atoms with E-state index in [1.807, 2.05) is 0 Å². The van der Waals surface area contributed by atoms with Gasteiger partial charge in [-0.3, -0.25) is 0 Å². The van der Waals surface area contributed by atoms with Crippen LogP contribution in [0, 0.1) is 0 Å². The molecule has 188 valence electrons. The van der Waals surface area contributed by atoms with Crippen molar-refractivity contribution in [2.75, 3.05) is 0 Å². The van der Waals surface area contributed by atoms with Gasteiger partial charge in [0.2, 0.25) is 0 Å². The lowest BCUT2D eigenvalue weighted by Gasteiger charge is -2.44. The second-order valence-electron chi connectivity index (χ2n) is 13.3. The fourth-order valence-corrected chi connectivity index (χ4v) is 7.29. The third-order valence-corrected chi connectivity index (χ3v) is 9.09. The molecule has 1 heterocycles. The number of halogens is 4. The second-order valence-corrected chi connectivity index (χ2v) is 15.8. The van der Waals surface area contributed by atoms with E-state index in [9.17, 15) is 0 Å². The first-order valence-corrected chi connectivity index (χ1v) is 13.9.